The van der Waals surface area contributed by atoms with E-state index in [-0.39, 0.29) is 12.1 Å². The average Bonchev–Trinajstić information content (AvgIpc) is 2.26. The fourth-order valence-corrected chi connectivity index (χ4v) is 2.29. The van der Waals surface area contributed by atoms with E-state index in [0.717, 1.165) is 13.1 Å². The maximum atomic E-state index is 9.76. The maximum Gasteiger partial charge on any atom is 0.0900 e. The molecule has 1 aliphatic rings. The first-order valence-electron chi connectivity index (χ1n) is 6.37. The van der Waals surface area contributed by atoms with Gasteiger partial charge in [0.25, 0.3) is 0 Å². The molecule has 1 heterocycles. The van der Waals surface area contributed by atoms with Crippen LogP contribution in [0.5, 0.6) is 0 Å². The molecule has 4 heteroatoms. The van der Waals surface area contributed by atoms with Crippen LogP contribution in [0.1, 0.15) is 26.7 Å². The molecule has 0 spiro atoms. The van der Waals surface area contributed by atoms with Gasteiger partial charge in [-0.25, -0.2) is 0 Å². The van der Waals surface area contributed by atoms with E-state index in [0.29, 0.717) is 25.7 Å². The van der Waals surface area contributed by atoms with Crippen molar-refractivity contribution in [3.05, 3.63) is 0 Å². The lowest BCUT2D eigenvalue weighted by Gasteiger charge is -2.35. The quantitative estimate of drug-likeness (QED) is 0.695. The fourth-order valence-electron chi connectivity index (χ4n) is 2.29. The predicted molar refractivity (Wildman–Crippen MR) is 65.3 cm³/mol. The van der Waals surface area contributed by atoms with Gasteiger partial charge in [-0.1, -0.05) is 0 Å². The summed E-state index contributed by atoms with van der Waals surface area (Å²) in [5.74, 6) is 0.577. The number of likely N-dealkylation sites (tertiary alicyclic amines) is 1. The van der Waals surface area contributed by atoms with Crippen LogP contribution in [0.15, 0.2) is 0 Å². The molecular weight excluding hydrogens is 204 g/mol. The van der Waals surface area contributed by atoms with Crippen LogP contribution in [0.25, 0.3) is 0 Å². The number of ether oxygens (including phenoxy) is 1. The third-order valence-electron chi connectivity index (χ3n) is 3.27. The second-order valence-corrected chi connectivity index (χ2v) is 4.83. The molecule has 0 aliphatic carbocycles. The van der Waals surface area contributed by atoms with Gasteiger partial charge in [-0.05, 0) is 39.2 Å². The Morgan fingerprint density at radius 2 is 2.31 bits per heavy atom. The highest BCUT2D eigenvalue weighted by Gasteiger charge is 2.23. The number of β-amino-alcohol motifs (C(OH)–C–C–N with tert-alkyl or cyclic N) is 1. The van der Waals surface area contributed by atoms with Gasteiger partial charge in [0.1, 0.15) is 0 Å². The SMILES string of the molecule is CCOCC(O)CN1CCCC(C(C)N)C1. The first-order valence-corrected chi connectivity index (χ1v) is 6.37. The van der Waals surface area contributed by atoms with Gasteiger partial charge in [-0.15, -0.1) is 0 Å². The Morgan fingerprint density at radius 1 is 1.56 bits per heavy atom. The van der Waals surface area contributed by atoms with Gasteiger partial charge in [0.15, 0.2) is 0 Å². The van der Waals surface area contributed by atoms with E-state index in [1.165, 1.54) is 12.8 Å². The molecule has 0 aromatic heterocycles. The Morgan fingerprint density at radius 3 is 2.94 bits per heavy atom. The van der Waals surface area contributed by atoms with Crippen molar-refractivity contribution in [2.24, 2.45) is 11.7 Å². The summed E-state index contributed by atoms with van der Waals surface area (Å²) >= 11 is 0. The lowest BCUT2D eigenvalue weighted by Crippen LogP contribution is -2.45. The van der Waals surface area contributed by atoms with Gasteiger partial charge in [0.2, 0.25) is 0 Å². The van der Waals surface area contributed by atoms with Crippen LogP contribution < -0.4 is 5.73 Å². The van der Waals surface area contributed by atoms with E-state index in [4.69, 9.17) is 10.5 Å². The number of rotatable bonds is 6. The molecule has 1 rings (SSSR count). The molecule has 1 saturated heterocycles. The van der Waals surface area contributed by atoms with E-state index >= 15 is 0 Å². The van der Waals surface area contributed by atoms with Crippen LogP contribution in [-0.2, 0) is 4.74 Å². The number of hydrogen-bond donors (Lipinski definition) is 2. The molecular formula is C12H26N2O2. The monoisotopic (exact) mass is 230 g/mol. The van der Waals surface area contributed by atoms with Crippen LogP contribution in [0.3, 0.4) is 0 Å². The number of nitrogens with two attached hydrogens (primary N) is 1. The van der Waals surface area contributed by atoms with Gasteiger partial charge >= 0.3 is 0 Å². The summed E-state index contributed by atoms with van der Waals surface area (Å²) < 4.78 is 5.21. The van der Waals surface area contributed by atoms with Gasteiger partial charge in [0, 0.05) is 25.7 Å². The van der Waals surface area contributed by atoms with Crippen molar-refractivity contribution in [3.8, 4) is 0 Å². The molecule has 0 aromatic rings. The van der Waals surface area contributed by atoms with Crippen LogP contribution >= 0.6 is 0 Å². The normalized spacial score (nSPS) is 26.6. The second-order valence-electron chi connectivity index (χ2n) is 4.83. The Labute approximate surface area is 98.8 Å². The summed E-state index contributed by atoms with van der Waals surface area (Å²) in [5.41, 5.74) is 5.93. The lowest BCUT2D eigenvalue weighted by atomic mass is 9.92. The highest BCUT2D eigenvalue weighted by atomic mass is 16.5. The molecule has 1 fully saturated rings. The van der Waals surface area contributed by atoms with E-state index in [1.54, 1.807) is 0 Å². The molecule has 3 atom stereocenters. The maximum absolute atomic E-state index is 9.76. The molecule has 0 amide bonds. The summed E-state index contributed by atoms with van der Waals surface area (Å²) in [4.78, 5) is 2.31. The lowest BCUT2D eigenvalue weighted by molar-refractivity contribution is 0.0118. The summed E-state index contributed by atoms with van der Waals surface area (Å²) in [6.45, 7) is 7.93. The minimum absolute atomic E-state index is 0.256. The number of aliphatic hydroxyl groups is 1. The van der Waals surface area contributed by atoms with Crippen molar-refractivity contribution in [3.63, 3.8) is 0 Å². The minimum atomic E-state index is -0.369. The zero-order valence-electron chi connectivity index (χ0n) is 10.6. The topological polar surface area (TPSA) is 58.7 Å². The van der Waals surface area contributed by atoms with E-state index in [2.05, 4.69) is 11.8 Å². The van der Waals surface area contributed by atoms with Crippen molar-refractivity contribution in [2.45, 2.75) is 38.8 Å². The van der Waals surface area contributed by atoms with Crippen LogP contribution in [0, 0.1) is 5.92 Å². The van der Waals surface area contributed by atoms with E-state index in [1.807, 2.05) is 6.92 Å². The predicted octanol–water partition coefficient (Wildman–Crippen LogP) is 0.443. The smallest absolute Gasteiger partial charge is 0.0900 e. The average molecular weight is 230 g/mol. The second kappa shape index (κ2) is 7.22. The van der Waals surface area contributed by atoms with Crippen molar-refractivity contribution >= 4 is 0 Å². The van der Waals surface area contributed by atoms with Crippen molar-refractivity contribution in [2.75, 3.05) is 32.8 Å². The molecule has 3 unspecified atom stereocenters. The Hall–Kier alpha value is -0.160. The van der Waals surface area contributed by atoms with Crippen LogP contribution in [-0.4, -0.2) is 55.0 Å². The van der Waals surface area contributed by atoms with Gasteiger partial charge in [0.05, 0.1) is 12.7 Å². The third kappa shape index (κ3) is 4.78. The van der Waals surface area contributed by atoms with Gasteiger partial charge < -0.3 is 20.5 Å². The highest BCUT2D eigenvalue weighted by molar-refractivity contribution is 4.79. The first kappa shape index (κ1) is 13.9. The summed E-state index contributed by atoms with van der Waals surface area (Å²) in [5, 5.41) is 9.76. The molecule has 16 heavy (non-hydrogen) atoms. The van der Waals surface area contributed by atoms with Gasteiger partial charge in [-0.2, -0.15) is 0 Å². The molecule has 96 valence electrons. The first-order chi connectivity index (χ1) is 7.63. The number of aliphatic hydroxyl groups excluding tert-OH is 1. The van der Waals surface area contributed by atoms with Crippen LogP contribution in [0.2, 0.25) is 0 Å². The number of piperidine rings is 1. The molecule has 1 aliphatic heterocycles. The zero-order chi connectivity index (χ0) is 12.0. The highest BCUT2D eigenvalue weighted by Crippen LogP contribution is 2.18. The Kier molecular flexibility index (Phi) is 6.28. The molecule has 3 N–H and O–H groups in total. The Bertz CT molecular complexity index is 188. The van der Waals surface area contributed by atoms with Crippen molar-refractivity contribution in [1.82, 2.24) is 4.90 Å². The Balaban J connectivity index is 2.25. The summed E-state index contributed by atoms with van der Waals surface area (Å²) in [6.07, 6.45) is 2.04. The van der Waals surface area contributed by atoms with Gasteiger partial charge in [-0.3, -0.25) is 0 Å². The molecule has 0 radical (unpaired) electrons. The molecule has 4 nitrogen and oxygen atoms in total. The third-order valence-corrected chi connectivity index (χ3v) is 3.27. The fraction of sp³-hybridized carbons (Fsp3) is 1.00. The minimum Gasteiger partial charge on any atom is -0.389 e. The largest absolute Gasteiger partial charge is 0.389 e. The van der Waals surface area contributed by atoms with E-state index < -0.39 is 0 Å². The van der Waals surface area contributed by atoms with Crippen LogP contribution in [0.4, 0.5) is 0 Å². The van der Waals surface area contributed by atoms with E-state index in [9.17, 15) is 5.11 Å². The number of hydrogen-bond acceptors (Lipinski definition) is 4. The standard InChI is InChI=1S/C12H26N2O2/c1-3-16-9-12(15)8-14-6-4-5-11(7-14)10(2)13/h10-12,15H,3-9,13H2,1-2H3. The molecule has 0 aromatic carbocycles. The zero-order valence-corrected chi connectivity index (χ0v) is 10.6. The van der Waals surface area contributed by atoms with Crippen molar-refractivity contribution < 1.29 is 9.84 Å². The molecule has 0 bridgehead atoms. The number of nitrogens with zero attached hydrogens (tertiary/aromatic N) is 1. The van der Waals surface area contributed by atoms with Crippen molar-refractivity contribution in [1.29, 1.82) is 0 Å². The molecule has 0 saturated carbocycles. The summed E-state index contributed by atoms with van der Waals surface area (Å²) in [7, 11) is 0. The summed E-state index contributed by atoms with van der Waals surface area (Å²) in [6, 6.07) is 0.256.